The average molecular weight is 440 g/mol. The summed E-state index contributed by atoms with van der Waals surface area (Å²) in [5.74, 6) is 0.447. The molecule has 6 nitrogen and oxygen atoms in total. The summed E-state index contributed by atoms with van der Waals surface area (Å²) in [5, 5.41) is 8.63. The van der Waals surface area contributed by atoms with Crippen molar-refractivity contribution in [2.45, 2.75) is 53.1 Å². The molecule has 0 unspecified atom stereocenters. The van der Waals surface area contributed by atoms with Gasteiger partial charge in [0.1, 0.15) is 0 Å². The lowest BCUT2D eigenvalue weighted by Gasteiger charge is -2.25. The number of Topliss-reactive ketones (excluding diaryl/α,β-unsaturated/α-hetero) is 1. The highest BCUT2D eigenvalue weighted by Gasteiger charge is 2.22. The van der Waals surface area contributed by atoms with Crippen molar-refractivity contribution in [3.05, 3.63) is 70.1 Å². The zero-order valence-electron chi connectivity index (χ0n) is 18.2. The van der Waals surface area contributed by atoms with E-state index in [0.29, 0.717) is 27.9 Å². The highest BCUT2D eigenvalue weighted by atomic mass is 35.5. The minimum Gasteiger partial charge on any atom is -0.419 e. The van der Waals surface area contributed by atoms with Crippen LogP contribution in [0.15, 0.2) is 46.9 Å². The third kappa shape index (κ3) is 5.58. The molecule has 0 spiro atoms. The zero-order valence-corrected chi connectivity index (χ0v) is 18.9. The number of amides is 1. The summed E-state index contributed by atoms with van der Waals surface area (Å²) < 4.78 is 5.73. The molecule has 7 heteroatoms. The molecule has 0 saturated heterocycles. The Balaban J connectivity index is 1.65. The number of halogens is 1. The summed E-state index contributed by atoms with van der Waals surface area (Å²) in [6.07, 6.45) is 0.273. The van der Waals surface area contributed by atoms with E-state index in [2.05, 4.69) is 10.2 Å². The van der Waals surface area contributed by atoms with Crippen molar-refractivity contribution in [3.8, 4) is 11.5 Å². The van der Waals surface area contributed by atoms with Crippen LogP contribution in [0.2, 0.25) is 5.02 Å². The molecule has 0 radical (unpaired) electrons. The molecule has 0 aliphatic rings. The Morgan fingerprint density at radius 1 is 1.03 bits per heavy atom. The van der Waals surface area contributed by atoms with Crippen molar-refractivity contribution < 1.29 is 14.0 Å². The third-order valence-corrected chi connectivity index (χ3v) is 5.54. The molecule has 3 rings (SSSR count). The van der Waals surface area contributed by atoms with Crippen LogP contribution < -0.4 is 0 Å². The second-order valence-electron chi connectivity index (χ2n) is 7.82. The second-order valence-corrected chi connectivity index (χ2v) is 8.23. The number of aryl methyl sites for hydroxylation is 2. The van der Waals surface area contributed by atoms with E-state index in [1.54, 1.807) is 17.0 Å². The molecule has 3 aromatic rings. The Morgan fingerprint density at radius 2 is 1.77 bits per heavy atom. The van der Waals surface area contributed by atoms with Gasteiger partial charge in [-0.3, -0.25) is 9.59 Å². The number of aromatic nitrogens is 2. The van der Waals surface area contributed by atoms with Crippen LogP contribution in [0, 0.1) is 13.8 Å². The predicted molar refractivity (Wildman–Crippen MR) is 120 cm³/mol. The van der Waals surface area contributed by atoms with Crippen LogP contribution in [0.1, 0.15) is 54.1 Å². The van der Waals surface area contributed by atoms with Gasteiger partial charge in [0, 0.05) is 24.4 Å². The normalized spacial score (nSPS) is 11.0. The van der Waals surface area contributed by atoms with E-state index in [0.717, 1.165) is 11.1 Å². The minimum absolute atomic E-state index is 0.0426. The first-order chi connectivity index (χ1) is 14.8. The topological polar surface area (TPSA) is 76.3 Å². The lowest BCUT2D eigenvalue weighted by molar-refractivity contribution is -0.133. The van der Waals surface area contributed by atoms with Crippen molar-refractivity contribution in [1.82, 2.24) is 15.1 Å². The van der Waals surface area contributed by atoms with E-state index >= 15 is 0 Å². The molecule has 1 amide bonds. The predicted octanol–water partition coefficient (Wildman–Crippen LogP) is 5.41. The molecule has 1 heterocycles. The Kier molecular flexibility index (Phi) is 7.23. The van der Waals surface area contributed by atoms with E-state index < -0.39 is 0 Å². The van der Waals surface area contributed by atoms with Gasteiger partial charge in [-0.25, -0.2) is 0 Å². The van der Waals surface area contributed by atoms with Crippen LogP contribution in [-0.4, -0.2) is 32.8 Å². The second kappa shape index (κ2) is 9.88. The number of ketones is 1. The molecule has 162 valence electrons. The molecule has 0 fully saturated rings. The fourth-order valence-corrected chi connectivity index (χ4v) is 3.41. The van der Waals surface area contributed by atoms with Gasteiger partial charge in [0.2, 0.25) is 17.7 Å². The highest BCUT2D eigenvalue weighted by Crippen LogP contribution is 2.26. The molecule has 0 atom stereocenters. The van der Waals surface area contributed by atoms with Crippen LogP contribution in [0.4, 0.5) is 0 Å². The first-order valence-electron chi connectivity index (χ1n) is 10.2. The fraction of sp³-hybridized carbons (Fsp3) is 0.333. The number of rotatable bonds is 8. The van der Waals surface area contributed by atoms with E-state index in [9.17, 15) is 9.59 Å². The van der Waals surface area contributed by atoms with E-state index in [4.69, 9.17) is 16.0 Å². The smallest absolute Gasteiger partial charge is 0.249 e. The van der Waals surface area contributed by atoms with Crippen LogP contribution in [0.5, 0.6) is 0 Å². The van der Waals surface area contributed by atoms with Crippen LogP contribution in [-0.2, 0) is 11.3 Å². The first kappa shape index (κ1) is 22.7. The van der Waals surface area contributed by atoms with Crippen molar-refractivity contribution in [3.63, 3.8) is 0 Å². The van der Waals surface area contributed by atoms with Gasteiger partial charge in [-0.15, -0.1) is 10.2 Å². The number of carbonyl (C=O) groups excluding carboxylic acids is 2. The number of hydrogen-bond acceptors (Lipinski definition) is 5. The van der Waals surface area contributed by atoms with Crippen molar-refractivity contribution >= 4 is 23.3 Å². The van der Waals surface area contributed by atoms with Crippen molar-refractivity contribution in [2.75, 3.05) is 0 Å². The fourth-order valence-electron chi connectivity index (χ4n) is 3.19. The van der Waals surface area contributed by atoms with Gasteiger partial charge in [-0.1, -0.05) is 35.9 Å². The number of benzene rings is 2. The van der Waals surface area contributed by atoms with Gasteiger partial charge < -0.3 is 9.32 Å². The van der Waals surface area contributed by atoms with E-state index in [1.807, 2.05) is 58.0 Å². The molecule has 1 aromatic heterocycles. The number of carbonyl (C=O) groups is 2. The Labute approximate surface area is 187 Å². The minimum atomic E-state index is -0.135. The zero-order chi connectivity index (χ0) is 22.5. The summed E-state index contributed by atoms with van der Waals surface area (Å²) >= 11 is 6.19. The molecule has 2 aromatic carbocycles. The van der Waals surface area contributed by atoms with Crippen molar-refractivity contribution in [1.29, 1.82) is 0 Å². The quantitative estimate of drug-likeness (QED) is 0.439. The third-order valence-electron chi connectivity index (χ3n) is 5.22. The molecular weight excluding hydrogens is 414 g/mol. The van der Waals surface area contributed by atoms with Crippen LogP contribution >= 0.6 is 11.6 Å². The summed E-state index contributed by atoms with van der Waals surface area (Å²) in [6.45, 7) is 7.97. The molecule has 0 aliphatic heterocycles. The van der Waals surface area contributed by atoms with Gasteiger partial charge in [0.15, 0.2) is 5.78 Å². The highest BCUT2D eigenvalue weighted by molar-refractivity contribution is 6.33. The average Bonchev–Trinajstić information content (AvgIpc) is 3.20. The lowest BCUT2D eigenvalue weighted by atomic mass is 10.0. The molecule has 0 N–H and O–H groups in total. The lowest BCUT2D eigenvalue weighted by Crippen LogP contribution is -2.36. The first-order valence-corrected chi connectivity index (χ1v) is 10.6. The van der Waals surface area contributed by atoms with Gasteiger partial charge in [0.05, 0.1) is 17.1 Å². The number of nitrogens with zero attached hydrogens (tertiary/aromatic N) is 3. The Morgan fingerprint density at radius 3 is 2.45 bits per heavy atom. The number of hydrogen-bond donors (Lipinski definition) is 0. The van der Waals surface area contributed by atoms with Crippen molar-refractivity contribution in [2.24, 2.45) is 0 Å². The van der Waals surface area contributed by atoms with Gasteiger partial charge >= 0.3 is 0 Å². The maximum Gasteiger partial charge on any atom is 0.249 e. The van der Waals surface area contributed by atoms with Crippen LogP contribution in [0.3, 0.4) is 0 Å². The maximum absolute atomic E-state index is 12.8. The monoisotopic (exact) mass is 439 g/mol. The SMILES string of the molecule is Cc1ccc(C(=O)CCC(=O)N(Cc2nnc(-c3ccccc3Cl)o2)C(C)C)cc1C. The Bertz CT molecular complexity index is 1090. The van der Waals surface area contributed by atoms with Gasteiger partial charge in [-0.2, -0.15) is 0 Å². The maximum atomic E-state index is 12.8. The standard InChI is InChI=1S/C24H26ClN3O3/c1-15(2)28(14-22-26-27-24(31-22)19-7-5-6-8-20(19)25)23(30)12-11-21(29)18-10-9-16(3)17(4)13-18/h5-10,13,15H,11-12,14H2,1-4H3. The molecule has 0 aliphatic carbocycles. The summed E-state index contributed by atoms with van der Waals surface area (Å²) in [7, 11) is 0. The summed E-state index contributed by atoms with van der Waals surface area (Å²) in [4.78, 5) is 27.0. The largest absolute Gasteiger partial charge is 0.419 e. The summed E-state index contributed by atoms with van der Waals surface area (Å²) in [6, 6.07) is 12.7. The van der Waals surface area contributed by atoms with E-state index in [1.165, 1.54) is 0 Å². The summed E-state index contributed by atoms with van der Waals surface area (Å²) in [5.41, 5.74) is 3.47. The Hall–Kier alpha value is -2.99. The molecule has 0 saturated carbocycles. The molecule has 31 heavy (non-hydrogen) atoms. The van der Waals surface area contributed by atoms with Gasteiger partial charge in [0.25, 0.3) is 0 Å². The van der Waals surface area contributed by atoms with Gasteiger partial charge in [-0.05, 0) is 57.0 Å². The van der Waals surface area contributed by atoms with Crippen LogP contribution in [0.25, 0.3) is 11.5 Å². The molecule has 0 bridgehead atoms. The molecular formula is C24H26ClN3O3. The van der Waals surface area contributed by atoms with E-state index in [-0.39, 0.29) is 37.1 Å².